The molecule has 0 aromatic heterocycles. The van der Waals surface area contributed by atoms with Crippen molar-refractivity contribution in [2.45, 2.75) is 40.0 Å². The van der Waals surface area contributed by atoms with Crippen LogP contribution in [0.5, 0.6) is 0 Å². The van der Waals surface area contributed by atoms with Crippen LogP contribution in [0.15, 0.2) is 18.2 Å². The van der Waals surface area contributed by atoms with Gasteiger partial charge in [-0.1, -0.05) is 39.0 Å². The molecular formula is C15H18O3. The standard InChI is InChI=1S/C15H18O3/c1-4-12(16)10-8-7-9-11(13(17)5-2)15(10)14(18)6-3/h7-9H,4-6H2,1-3H3. The molecule has 0 bridgehead atoms. The van der Waals surface area contributed by atoms with Crippen LogP contribution in [0.1, 0.15) is 71.1 Å². The summed E-state index contributed by atoms with van der Waals surface area (Å²) >= 11 is 0. The van der Waals surface area contributed by atoms with E-state index in [2.05, 4.69) is 0 Å². The van der Waals surface area contributed by atoms with E-state index in [9.17, 15) is 14.4 Å². The summed E-state index contributed by atoms with van der Waals surface area (Å²) in [6.45, 7) is 5.23. The Morgan fingerprint density at radius 3 is 1.50 bits per heavy atom. The summed E-state index contributed by atoms with van der Waals surface area (Å²) in [4.78, 5) is 35.7. The number of carbonyl (C=O) groups is 3. The highest BCUT2D eigenvalue weighted by Crippen LogP contribution is 2.20. The first-order chi connectivity index (χ1) is 8.56. The topological polar surface area (TPSA) is 51.2 Å². The molecule has 96 valence electrons. The number of benzene rings is 1. The molecule has 0 heterocycles. The Morgan fingerprint density at radius 1 is 0.778 bits per heavy atom. The normalized spacial score (nSPS) is 10.2. The number of Topliss-reactive ketones (excluding diaryl/α,β-unsaturated/α-hetero) is 3. The molecule has 0 radical (unpaired) electrons. The first-order valence-corrected chi connectivity index (χ1v) is 6.29. The summed E-state index contributed by atoms with van der Waals surface area (Å²) < 4.78 is 0. The van der Waals surface area contributed by atoms with Crippen molar-refractivity contribution < 1.29 is 14.4 Å². The van der Waals surface area contributed by atoms with Gasteiger partial charge in [0.2, 0.25) is 0 Å². The van der Waals surface area contributed by atoms with Gasteiger partial charge < -0.3 is 0 Å². The fraction of sp³-hybridized carbons (Fsp3) is 0.400. The summed E-state index contributed by atoms with van der Waals surface area (Å²) in [7, 11) is 0. The van der Waals surface area contributed by atoms with Gasteiger partial charge in [0.05, 0.1) is 0 Å². The molecule has 1 rings (SSSR count). The van der Waals surface area contributed by atoms with E-state index < -0.39 is 0 Å². The molecule has 0 atom stereocenters. The van der Waals surface area contributed by atoms with Gasteiger partial charge in [-0.15, -0.1) is 0 Å². The number of hydrogen-bond acceptors (Lipinski definition) is 3. The van der Waals surface area contributed by atoms with Crippen LogP contribution in [0.25, 0.3) is 0 Å². The molecule has 0 N–H and O–H groups in total. The maximum Gasteiger partial charge on any atom is 0.164 e. The molecule has 18 heavy (non-hydrogen) atoms. The number of hydrogen-bond donors (Lipinski definition) is 0. The van der Waals surface area contributed by atoms with Crippen molar-refractivity contribution in [3.63, 3.8) is 0 Å². The lowest BCUT2D eigenvalue weighted by Gasteiger charge is -2.11. The minimum absolute atomic E-state index is 0.0995. The van der Waals surface area contributed by atoms with Crippen molar-refractivity contribution in [2.75, 3.05) is 0 Å². The van der Waals surface area contributed by atoms with Gasteiger partial charge >= 0.3 is 0 Å². The average Bonchev–Trinajstić information content (AvgIpc) is 2.43. The molecule has 0 spiro atoms. The Bertz CT molecular complexity index is 452. The zero-order valence-electron chi connectivity index (χ0n) is 11.1. The molecule has 0 saturated heterocycles. The molecule has 3 nitrogen and oxygen atoms in total. The van der Waals surface area contributed by atoms with Crippen molar-refractivity contribution in [2.24, 2.45) is 0 Å². The van der Waals surface area contributed by atoms with E-state index in [0.717, 1.165) is 0 Å². The summed E-state index contributed by atoms with van der Waals surface area (Å²) in [5.41, 5.74) is 1.06. The second-order valence-corrected chi connectivity index (χ2v) is 4.06. The third kappa shape index (κ3) is 2.73. The highest BCUT2D eigenvalue weighted by Gasteiger charge is 2.21. The van der Waals surface area contributed by atoms with Crippen LogP contribution in [0, 0.1) is 0 Å². The van der Waals surface area contributed by atoms with Gasteiger partial charge in [-0.05, 0) is 0 Å². The van der Waals surface area contributed by atoms with E-state index in [1.807, 2.05) is 0 Å². The first-order valence-electron chi connectivity index (χ1n) is 6.29. The summed E-state index contributed by atoms with van der Waals surface area (Å²) in [5, 5.41) is 0. The summed E-state index contributed by atoms with van der Waals surface area (Å²) in [6, 6.07) is 4.92. The van der Waals surface area contributed by atoms with Crippen molar-refractivity contribution in [1.29, 1.82) is 0 Å². The molecule has 0 aliphatic carbocycles. The SMILES string of the molecule is CCC(=O)c1cccc(C(=O)CC)c1C(=O)CC. The zero-order chi connectivity index (χ0) is 13.7. The fourth-order valence-corrected chi connectivity index (χ4v) is 1.88. The van der Waals surface area contributed by atoms with E-state index in [4.69, 9.17) is 0 Å². The maximum absolute atomic E-state index is 12.0. The molecule has 1 aromatic carbocycles. The largest absolute Gasteiger partial charge is 0.294 e. The van der Waals surface area contributed by atoms with Crippen molar-refractivity contribution >= 4 is 17.3 Å². The van der Waals surface area contributed by atoms with Crippen molar-refractivity contribution in [1.82, 2.24) is 0 Å². The Kier molecular flexibility index (Phi) is 4.95. The van der Waals surface area contributed by atoms with Crippen LogP contribution in [0.4, 0.5) is 0 Å². The summed E-state index contributed by atoms with van der Waals surface area (Å²) in [5.74, 6) is -0.348. The number of carbonyl (C=O) groups excluding carboxylic acids is 3. The molecule has 0 amide bonds. The lowest BCUT2D eigenvalue weighted by Crippen LogP contribution is -2.14. The van der Waals surface area contributed by atoms with Crippen LogP contribution in [-0.2, 0) is 0 Å². The predicted octanol–water partition coefficient (Wildman–Crippen LogP) is 3.46. The third-order valence-electron chi connectivity index (χ3n) is 2.91. The van der Waals surface area contributed by atoms with Gasteiger partial charge in [-0.25, -0.2) is 0 Å². The first kappa shape index (κ1) is 14.3. The zero-order valence-corrected chi connectivity index (χ0v) is 11.1. The van der Waals surface area contributed by atoms with Gasteiger partial charge in [0.15, 0.2) is 17.3 Å². The second kappa shape index (κ2) is 6.24. The minimum atomic E-state index is -0.149. The molecular weight excluding hydrogens is 228 g/mol. The lowest BCUT2D eigenvalue weighted by atomic mass is 9.90. The maximum atomic E-state index is 12.0. The number of rotatable bonds is 6. The highest BCUT2D eigenvalue weighted by atomic mass is 16.1. The molecule has 0 saturated carbocycles. The van der Waals surface area contributed by atoms with Gasteiger partial charge in [-0.2, -0.15) is 0 Å². The van der Waals surface area contributed by atoms with E-state index >= 15 is 0 Å². The van der Waals surface area contributed by atoms with E-state index in [1.165, 1.54) is 0 Å². The smallest absolute Gasteiger partial charge is 0.164 e. The summed E-state index contributed by atoms with van der Waals surface area (Å²) in [6.07, 6.45) is 0.944. The van der Waals surface area contributed by atoms with E-state index in [0.29, 0.717) is 29.5 Å². The molecule has 0 fully saturated rings. The van der Waals surface area contributed by atoms with Gasteiger partial charge in [0.1, 0.15) is 0 Å². The molecule has 0 aliphatic heterocycles. The predicted molar refractivity (Wildman–Crippen MR) is 70.3 cm³/mol. The van der Waals surface area contributed by atoms with Gasteiger partial charge in [0, 0.05) is 36.0 Å². The van der Waals surface area contributed by atoms with Gasteiger partial charge in [0.25, 0.3) is 0 Å². The molecule has 3 heteroatoms. The van der Waals surface area contributed by atoms with Crippen LogP contribution < -0.4 is 0 Å². The van der Waals surface area contributed by atoms with Crippen LogP contribution in [0.2, 0.25) is 0 Å². The third-order valence-corrected chi connectivity index (χ3v) is 2.91. The molecule has 0 aliphatic rings. The molecule has 1 aromatic rings. The Balaban J connectivity index is 3.49. The average molecular weight is 246 g/mol. The highest BCUT2D eigenvalue weighted by molar-refractivity contribution is 6.15. The fourth-order valence-electron chi connectivity index (χ4n) is 1.88. The van der Waals surface area contributed by atoms with Gasteiger partial charge in [-0.3, -0.25) is 14.4 Å². The van der Waals surface area contributed by atoms with Crippen LogP contribution in [0.3, 0.4) is 0 Å². The Hall–Kier alpha value is -1.77. The lowest BCUT2D eigenvalue weighted by molar-refractivity contribution is 0.0942. The Labute approximate surface area is 107 Å². The minimum Gasteiger partial charge on any atom is -0.294 e. The van der Waals surface area contributed by atoms with Crippen molar-refractivity contribution in [3.05, 3.63) is 34.9 Å². The molecule has 0 unspecified atom stereocenters. The van der Waals surface area contributed by atoms with Crippen molar-refractivity contribution in [3.8, 4) is 0 Å². The number of ketones is 3. The van der Waals surface area contributed by atoms with Crippen LogP contribution >= 0.6 is 0 Å². The Morgan fingerprint density at radius 2 is 1.17 bits per heavy atom. The van der Waals surface area contributed by atoms with E-state index in [-0.39, 0.29) is 23.8 Å². The monoisotopic (exact) mass is 246 g/mol. The van der Waals surface area contributed by atoms with E-state index in [1.54, 1.807) is 39.0 Å². The second-order valence-electron chi connectivity index (χ2n) is 4.06. The quantitative estimate of drug-likeness (QED) is 0.722. The van der Waals surface area contributed by atoms with Crippen LogP contribution in [-0.4, -0.2) is 17.3 Å².